The number of rotatable bonds is 3. The number of fused-ring (bicyclic) bond motifs is 1. The Morgan fingerprint density at radius 3 is 2.96 bits per heavy atom. The molecule has 130 valence electrons. The van der Waals surface area contributed by atoms with Crippen LogP contribution in [0.3, 0.4) is 0 Å². The maximum atomic E-state index is 12.0. The van der Waals surface area contributed by atoms with Crippen LogP contribution in [-0.4, -0.2) is 37.7 Å². The highest BCUT2D eigenvalue weighted by Gasteiger charge is 2.39. The molecule has 0 saturated carbocycles. The van der Waals surface area contributed by atoms with E-state index in [-0.39, 0.29) is 29.1 Å². The average Bonchev–Trinajstić information content (AvgIpc) is 2.91. The van der Waals surface area contributed by atoms with Crippen LogP contribution in [0, 0.1) is 12.8 Å². The van der Waals surface area contributed by atoms with Gasteiger partial charge in [0, 0.05) is 6.92 Å². The molecule has 2 aromatic rings. The number of esters is 1. The maximum Gasteiger partial charge on any atom is 0.303 e. The van der Waals surface area contributed by atoms with E-state index in [2.05, 4.69) is 28.8 Å². The molecule has 0 radical (unpaired) electrons. The normalized spacial score (nSPS) is 27.3. The van der Waals surface area contributed by atoms with Gasteiger partial charge in [-0.15, -0.1) is 0 Å². The zero-order valence-corrected chi connectivity index (χ0v) is 14.3. The van der Waals surface area contributed by atoms with E-state index in [1.807, 2.05) is 0 Å². The fourth-order valence-corrected chi connectivity index (χ4v) is 3.32. The summed E-state index contributed by atoms with van der Waals surface area (Å²) in [4.78, 5) is 34.7. The average molecular weight is 334 g/mol. The molecule has 24 heavy (non-hydrogen) atoms. The van der Waals surface area contributed by atoms with Crippen LogP contribution in [0.15, 0.2) is 11.1 Å². The second-order valence-electron chi connectivity index (χ2n) is 6.31. The number of nitrogens with zero attached hydrogens (tertiary/aromatic N) is 3. The lowest BCUT2D eigenvalue weighted by molar-refractivity contribution is -0.197. The highest BCUT2D eigenvalue weighted by Crippen LogP contribution is 2.35. The molecule has 4 atom stereocenters. The second-order valence-corrected chi connectivity index (χ2v) is 6.31. The Labute approximate surface area is 139 Å². The SMILES string of the molecule is CC[C@H]1O[C@@H](n2cnc3c(=O)[nH]c(C)nc32)[C@@H](OC(C)=O)CC1C. The molecule has 3 heterocycles. The summed E-state index contributed by atoms with van der Waals surface area (Å²) in [5.41, 5.74) is 0.386. The number of hydrogen-bond acceptors (Lipinski definition) is 6. The lowest BCUT2D eigenvalue weighted by Crippen LogP contribution is -2.42. The van der Waals surface area contributed by atoms with Gasteiger partial charge in [0.2, 0.25) is 0 Å². The van der Waals surface area contributed by atoms with E-state index >= 15 is 0 Å². The Balaban J connectivity index is 2.06. The van der Waals surface area contributed by atoms with E-state index in [4.69, 9.17) is 9.47 Å². The van der Waals surface area contributed by atoms with Crippen molar-refractivity contribution in [1.82, 2.24) is 19.5 Å². The zero-order chi connectivity index (χ0) is 17.4. The molecule has 1 saturated heterocycles. The van der Waals surface area contributed by atoms with Gasteiger partial charge in [0.25, 0.3) is 5.56 Å². The topological polar surface area (TPSA) is 99.1 Å². The fourth-order valence-electron chi connectivity index (χ4n) is 3.32. The van der Waals surface area contributed by atoms with Gasteiger partial charge in [0.1, 0.15) is 11.9 Å². The van der Waals surface area contributed by atoms with Crippen LogP contribution >= 0.6 is 0 Å². The number of carbonyl (C=O) groups is 1. The minimum atomic E-state index is -0.547. The number of imidazole rings is 1. The van der Waals surface area contributed by atoms with Gasteiger partial charge in [0.15, 0.2) is 17.4 Å². The van der Waals surface area contributed by atoms with Crippen molar-refractivity contribution in [2.45, 2.75) is 59.0 Å². The molecule has 0 bridgehead atoms. The summed E-state index contributed by atoms with van der Waals surface area (Å²) in [6.07, 6.45) is 2.11. The van der Waals surface area contributed by atoms with Gasteiger partial charge < -0.3 is 14.5 Å². The predicted octanol–water partition coefficient (Wildman–Crippen LogP) is 1.69. The van der Waals surface area contributed by atoms with E-state index in [1.54, 1.807) is 11.5 Å². The third-order valence-electron chi connectivity index (χ3n) is 4.42. The molecule has 1 N–H and O–H groups in total. The summed E-state index contributed by atoms with van der Waals surface area (Å²) in [6.45, 7) is 7.23. The van der Waals surface area contributed by atoms with Crippen molar-refractivity contribution in [1.29, 1.82) is 0 Å². The van der Waals surface area contributed by atoms with Crippen LogP contribution in [0.1, 0.15) is 45.7 Å². The van der Waals surface area contributed by atoms with Crippen LogP contribution in [-0.2, 0) is 14.3 Å². The minimum absolute atomic E-state index is 0.0438. The van der Waals surface area contributed by atoms with Gasteiger partial charge in [0.05, 0.1) is 12.4 Å². The van der Waals surface area contributed by atoms with Crippen LogP contribution < -0.4 is 5.56 Å². The predicted molar refractivity (Wildman–Crippen MR) is 86.4 cm³/mol. The van der Waals surface area contributed by atoms with E-state index in [9.17, 15) is 9.59 Å². The fraction of sp³-hybridized carbons (Fsp3) is 0.625. The molecule has 1 aliphatic heterocycles. The van der Waals surface area contributed by atoms with Crippen LogP contribution in [0.5, 0.6) is 0 Å². The van der Waals surface area contributed by atoms with Crippen LogP contribution in [0.2, 0.25) is 0 Å². The Morgan fingerprint density at radius 1 is 1.54 bits per heavy atom. The molecule has 0 amide bonds. The molecule has 0 spiro atoms. The first kappa shape index (κ1) is 16.6. The molecule has 1 unspecified atom stereocenters. The van der Waals surface area contributed by atoms with E-state index in [0.717, 1.165) is 6.42 Å². The molecule has 3 rings (SSSR count). The first-order valence-electron chi connectivity index (χ1n) is 8.16. The monoisotopic (exact) mass is 334 g/mol. The molecule has 1 aliphatic rings. The Kier molecular flexibility index (Phi) is 4.40. The highest BCUT2D eigenvalue weighted by atomic mass is 16.6. The minimum Gasteiger partial charge on any atom is -0.458 e. The Hall–Kier alpha value is -2.22. The third kappa shape index (κ3) is 2.93. The lowest BCUT2D eigenvalue weighted by atomic mass is 9.91. The number of aromatic amines is 1. The van der Waals surface area contributed by atoms with E-state index < -0.39 is 12.3 Å². The van der Waals surface area contributed by atoms with Crippen LogP contribution in [0.4, 0.5) is 0 Å². The third-order valence-corrected chi connectivity index (χ3v) is 4.42. The molecular formula is C16H22N4O4. The maximum absolute atomic E-state index is 12.0. The standard InChI is InChI=1S/C16H22N4O4/c1-5-11-8(2)6-12(23-10(4)21)16(24-11)20-7-17-13-14(20)18-9(3)19-15(13)22/h7-8,11-12,16H,5-6H2,1-4H3,(H,18,19,22)/t8?,11-,12+,16-/m1/s1. The summed E-state index contributed by atoms with van der Waals surface area (Å²) in [5, 5.41) is 0. The summed E-state index contributed by atoms with van der Waals surface area (Å²) in [5.74, 6) is 0.403. The van der Waals surface area contributed by atoms with E-state index in [0.29, 0.717) is 17.9 Å². The smallest absolute Gasteiger partial charge is 0.303 e. The van der Waals surface area contributed by atoms with Crippen molar-refractivity contribution >= 4 is 17.1 Å². The van der Waals surface area contributed by atoms with Gasteiger partial charge in [-0.25, -0.2) is 9.97 Å². The van der Waals surface area contributed by atoms with Crippen molar-refractivity contribution in [2.75, 3.05) is 0 Å². The van der Waals surface area contributed by atoms with Crippen LogP contribution in [0.25, 0.3) is 11.2 Å². The summed E-state index contributed by atoms with van der Waals surface area (Å²) in [7, 11) is 0. The lowest BCUT2D eigenvalue weighted by Gasteiger charge is -2.39. The number of hydrogen-bond donors (Lipinski definition) is 1. The molecule has 8 nitrogen and oxygen atoms in total. The molecular weight excluding hydrogens is 312 g/mol. The summed E-state index contributed by atoms with van der Waals surface area (Å²) in [6, 6.07) is 0. The number of nitrogens with one attached hydrogen (secondary N) is 1. The number of H-pyrrole nitrogens is 1. The molecule has 1 fully saturated rings. The van der Waals surface area contributed by atoms with Crippen molar-refractivity contribution in [3.63, 3.8) is 0 Å². The van der Waals surface area contributed by atoms with Gasteiger partial charge >= 0.3 is 5.97 Å². The van der Waals surface area contributed by atoms with Gasteiger partial charge in [-0.1, -0.05) is 13.8 Å². The number of aromatic nitrogens is 4. The molecule has 0 aromatic carbocycles. The number of aryl methyl sites for hydroxylation is 1. The van der Waals surface area contributed by atoms with Gasteiger partial charge in [-0.2, -0.15) is 0 Å². The van der Waals surface area contributed by atoms with Gasteiger partial charge in [-0.3, -0.25) is 14.2 Å². The Bertz CT molecular complexity index is 812. The summed E-state index contributed by atoms with van der Waals surface area (Å²) < 4.78 is 13.4. The molecule has 0 aliphatic carbocycles. The van der Waals surface area contributed by atoms with Crippen molar-refractivity contribution in [3.05, 3.63) is 22.5 Å². The Morgan fingerprint density at radius 2 is 2.29 bits per heavy atom. The van der Waals surface area contributed by atoms with Crippen molar-refractivity contribution in [2.24, 2.45) is 5.92 Å². The molecule has 8 heteroatoms. The van der Waals surface area contributed by atoms with Crippen molar-refractivity contribution in [3.8, 4) is 0 Å². The van der Waals surface area contributed by atoms with E-state index in [1.165, 1.54) is 13.3 Å². The first-order chi connectivity index (χ1) is 11.4. The first-order valence-corrected chi connectivity index (χ1v) is 8.16. The second kappa shape index (κ2) is 6.35. The number of ether oxygens (including phenoxy) is 2. The van der Waals surface area contributed by atoms with Crippen molar-refractivity contribution < 1.29 is 14.3 Å². The quantitative estimate of drug-likeness (QED) is 0.858. The number of carbonyl (C=O) groups excluding carboxylic acids is 1. The summed E-state index contributed by atoms with van der Waals surface area (Å²) >= 11 is 0. The zero-order valence-electron chi connectivity index (χ0n) is 14.3. The highest BCUT2D eigenvalue weighted by molar-refractivity contribution is 5.69. The largest absolute Gasteiger partial charge is 0.458 e. The molecule has 2 aromatic heterocycles. The van der Waals surface area contributed by atoms with Gasteiger partial charge in [-0.05, 0) is 25.7 Å².